The Kier molecular flexibility index (Phi) is 3.05. The van der Waals surface area contributed by atoms with Gasteiger partial charge in [-0.1, -0.05) is 13.2 Å². The fourth-order valence-electron chi connectivity index (χ4n) is 0.368. The molecule has 0 rings (SSSR count). The van der Waals surface area contributed by atoms with Crippen molar-refractivity contribution in [3.8, 4) is 0 Å². The lowest BCUT2D eigenvalue weighted by atomic mass is 10.1. The minimum absolute atomic E-state index is 0.380. The highest BCUT2D eigenvalue weighted by Gasteiger charge is 2.18. The van der Waals surface area contributed by atoms with Crippen LogP contribution in [0.15, 0.2) is 24.8 Å². The summed E-state index contributed by atoms with van der Waals surface area (Å²) in [6.45, 7) is 12.1. The van der Waals surface area contributed by atoms with Crippen molar-refractivity contribution < 1.29 is 9.53 Å². The Bertz CT molecular complexity index is 190. The zero-order chi connectivity index (χ0) is 9.07. The summed E-state index contributed by atoms with van der Waals surface area (Å²) < 4.78 is 4.99. The zero-order valence-electron chi connectivity index (χ0n) is 7.31. The van der Waals surface area contributed by atoms with Gasteiger partial charge in [0.1, 0.15) is 5.60 Å². The van der Waals surface area contributed by atoms with Gasteiger partial charge in [0.25, 0.3) is 0 Å². The van der Waals surface area contributed by atoms with Gasteiger partial charge in [0.15, 0.2) is 0 Å². The van der Waals surface area contributed by atoms with E-state index in [-0.39, 0.29) is 5.97 Å². The number of rotatable bonds is 3. The van der Waals surface area contributed by atoms with Gasteiger partial charge in [-0.15, -0.1) is 0 Å². The fourth-order valence-corrected chi connectivity index (χ4v) is 0.368. The number of carbonyl (C=O) groups excluding carboxylic acids is 1. The molecule has 0 aliphatic carbocycles. The molecule has 0 saturated heterocycles. The van der Waals surface area contributed by atoms with Gasteiger partial charge >= 0.3 is 5.97 Å². The Labute approximate surface area is 67.6 Å². The van der Waals surface area contributed by atoms with E-state index in [1.807, 2.05) is 0 Å². The standard InChI is InChI=1S/C9H14O2/c1-6-9(4,5)11-8(10)7(2)3/h6H,1-2H2,3-5H3. The lowest BCUT2D eigenvalue weighted by molar-refractivity contribution is -0.147. The summed E-state index contributed by atoms with van der Waals surface area (Å²) in [6.07, 6.45) is 1.58. The highest BCUT2D eigenvalue weighted by Crippen LogP contribution is 2.11. The first-order valence-electron chi connectivity index (χ1n) is 3.41. The molecule has 0 aromatic carbocycles. The van der Waals surface area contributed by atoms with Crippen LogP contribution in [0, 0.1) is 0 Å². The summed E-state index contributed by atoms with van der Waals surface area (Å²) in [5, 5.41) is 0. The lowest BCUT2D eigenvalue weighted by Gasteiger charge is -2.20. The average molecular weight is 154 g/mol. The summed E-state index contributed by atoms with van der Waals surface area (Å²) in [5.74, 6) is -0.380. The second-order valence-electron chi connectivity index (χ2n) is 2.98. The van der Waals surface area contributed by atoms with Crippen molar-refractivity contribution >= 4 is 5.97 Å². The van der Waals surface area contributed by atoms with Crippen LogP contribution in [0.5, 0.6) is 0 Å². The third-order valence-electron chi connectivity index (χ3n) is 1.20. The molecule has 62 valence electrons. The van der Waals surface area contributed by atoms with Crippen LogP contribution in [-0.4, -0.2) is 11.6 Å². The van der Waals surface area contributed by atoms with Crippen molar-refractivity contribution in [2.45, 2.75) is 26.4 Å². The molecular weight excluding hydrogens is 140 g/mol. The number of hydrogen-bond acceptors (Lipinski definition) is 2. The SMILES string of the molecule is C=CC(C)(C)OC(=O)C(=C)C. The summed E-state index contributed by atoms with van der Waals surface area (Å²) >= 11 is 0. The normalized spacial score (nSPS) is 10.5. The molecular formula is C9H14O2. The fraction of sp³-hybridized carbons (Fsp3) is 0.444. The van der Waals surface area contributed by atoms with Crippen molar-refractivity contribution in [1.82, 2.24) is 0 Å². The van der Waals surface area contributed by atoms with Crippen LogP contribution in [-0.2, 0) is 9.53 Å². The quantitative estimate of drug-likeness (QED) is 0.353. The molecule has 0 spiro atoms. The monoisotopic (exact) mass is 154 g/mol. The van der Waals surface area contributed by atoms with Gasteiger partial charge in [-0.2, -0.15) is 0 Å². The second kappa shape index (κ2) is 3.37. The molecule has 0 aliphatic heterocycles. The molecule has 0 N–H and O–H groups in total. The molecule has 0 aromatic heterocycles. The first-order valence-corrected chi connectivity index (χ1v) is 3.41. The molecule has 0 aromatic rings. The predicted molar refractivity (Wildman–Crippen MR) is 45.2 cm³/mol. The van der Waals surface area contributed by atoms with E-state index in [2.05, 4.69) is 13.2 Å². The molecule has 0 fully saturated rings. The average Bonchev–Trinajstić information content (AvgIpc) is 1.87. The Morgan fingerprint density at radius 2 is 2.00 bits per heavy atom. The molecule has 0 saturated carbocycles. The van der Waals surface area contributed by atoms with Gasteiger partial charge < -0.3 is 4.74 Å². The first kappa shape index (κ1) is 9.95. The highest BCUT2D eigenvalue weighted by atomic mass is 16.6. The Morgan fingerprint density at radius 1 is 1.55 bits per heavy atom. The third kappa shape index (κ3) is 3.61. The largest absolute Gasteiger partial charge is 0.452 e. The molecule has 2 heteroatoms. The smallest absolute Gasteiger partial charge is 0.333 e. The minimum atomic E-state index is -0.601. The van der Waals surface area contributed by atoms with Crippen molar-refractivity contribution in [3.63, 3.8) is 0 Å². The Hall–Kier alpha value is -1.05. The third-order valence-corrected chi connectivity index (χ3v) is 1.20. The zero-order valence-corrected chi connectivity index (χ0v) is 7.31. The lowest BCUT2D eigenvalue weighted by Crippen LogP contribution is -2.25. The van der Waals surface area contributed by atoms with Crippen molar-refractivity contribution in [2.75, 3.05) is 0 Å². The van der Waals surface area contributed by atoms with Crippen molar-refractivity contribution in [1.29, 1.82) is 0 Å². The van der Waals surface area contributed by atoms with Crippen LogP contribution in [0.25, 0.3) is 0 Å². The summed E-state index contributed by atoms with van der Waals surface area (Å²) in [5.41, 5.74) is -0.198. The van der Waals surface area contributed by atoms with Gasteiger partial charge in [-0.3, -0.25) is 0 Å². The molecule has 0 atom stereocenters. The van der Waals surface area contributed by atoms with E-state index in [9.17, 15) is 4.79 Å². The van der Waals surface area contributed by atoms with Crippen LogP contribution in [0.2, 0.25) is 0 Å². The molecule has 0 aliphatic rings. The van der Waals surface area contributed by atoms with Crippen molar-refractivity contribution in [2.24, 2.45) is 0 Å². The minimum Gasteiger partial charge on any atom is -0.452 e. The molecule has 0 unspecified atom stereocenters. The maximum absolute atomic E-state index is 10.9. The number of esters is 1. The van der Waals surface area contributed by atoms with E-state index in [1.165, 1.54) is 0 Å². The molecule has 0 bridgehead atoms. The summed E-state index contributed by atoms with van der Waals surface area (Å²) in [7, 11) is 0. The van der Waals surface area contributed by atoms with E-state index in [0.29, 0.717) is 5.57 Å². The van der Waals surface area contributed by atoms with Crippen LogP contribution in [0.1, 0.15) is 20.8 Å². The maximum atomic E-state index is 10.9. The number of carbonyl (C=O) groups is 1. The van der Waals surface area contributed by atoms with Crippen LogP contribution < -0.4 is 0 Å². The van der Waals surface area contributed by atoms with Crippen molar-refractivity contribution in [3.05, 3.63) is 24.8 Å². The molecule has 0 amide bonds. The van der Waals surface area contributed by atoms with Crippen LogP contribution in [0.3, 0.4) is 0 Å². The van der Waals surface area contributed by atoms with Gasteiger partial charge in [-0.05, 0) is 26.8 Å². The van der Waals surface area contributed by atoms with Gasteiger partial charge in [0.2, 0.25) is 0 Å². The van der Waals surface area contributed by atoms with E-state index in [1.54, 1.807) is 26.8 Å². The van der Waals surface area contributed by atoms with Gasteiger partial charge in [0.05, 0.1) is 0 Å². The second-order valence-corrected chi connectivity index (χ2v) is 2.98. The first-order chi connectivity index (χ1) is 4.89. The van der Waals surface area contributed by atoms with Gasteiger partial charge in [-0.25, -0.2) is 4.79 Å². The summed E-state index contributed by atoms with van der Waals surface area (Å²) in [6, 6.07) is 0. The van der Waals surface area contributed by atoms with Gasteiger partial charge in [0, 0.05) is 5.57 Å². The van der Waals surface area contributed by atoms with E-state index in [0.717, 1.165) is 0 Å². The van der Waals surface area contributed by atoms with E-state index in [4.69, 9.17) is 4.74 Å². The molecule has 11 heavy (non-hydrogen) atoms. The topological polar surface area (TPSA) is 26.3 Å². The highest BCUT2D eigenvalue weighted by molar-refractivity contribution is 5.87. The Morgan fingerprint density at radius 3 is 2.27 bits per heavy atom. The molecule has 0 heterocycles. The van der Waals surface area contributed by atoms with E-state index >= 15 is 0 Å². The Balaban J connectivity index is 4.15. The van der Waals surface area contributed by atoms with Crippen LogP contribution in [0.4, 0.5) is 0 Å². The molecule has 0 radical (unpaired) electrons. The summed E-state index contributed by atoms with van der Waals surface area (Å²) in [4.78, 5) is 10.9. The number of ether oxygens (including phenoxy) is 1. The maximum Gasteiger partial charge on any atom is 0.333 e. The molecule has 2 nitrogen and oxygen atoms in total. The van der Waals surface area contributed by atoms with E-state index < -0.39 is 5.60 Å². The predicted octanol–water partition coefficient (Wildman–Crippen LogP) is 2.07. The van der Waals surface area contributed by atoms with Crippen LogP contribution >= 0.6 is 0 Å². The number of hydrogen-bond donors (Lipinski definition) is 0.